The summed E-state index contributed by atoms with van der Waals surface area (Å²) in [6.07, 6.45) is 1.98. The number of rotatable bonds is 7. The number of nitrogens with zero attached hydrogens (tertiary/aromatic N) is 2. The largest absolute Gasteiger partial charge is 0.493 e. The van der Waals surface area contributed by atoms with Gasteiger partial charge in [-0.3, -0.25) is 4.79 Å². The molecule has 0 atom stereocenters. The van der Waals surface area contributed by atoms with Crippen molar-refractivity contribution < 1.29 is 14.3 Å². The number of Topliss-reactive ketones (excluding diaryl/α,β-unsaturated/α-hetero) is 1. The minimum Gasteiger partial charge on any atom is -0.493 e. The Bertz CT molecular complexity index is 966. The van der Waals surface area contributed by atoms with Crippen LogP contribution >= 0.6 is 11.6 Å². The second kappa shape index (κ2) is 8.27. The summed E-state index contributed by atoms with van der Waals surface area (Å²) in [5.41, 5.74) is 3.37. The van der Waals surface area contributed by atoms with Crippen LogP contribution in [0.5, 0.6) is 11.5 Å². The fraction of sp³-hybridized carbons (Fsp3) is 0.238. The first kappa shape index (κ1) is 19.0. The third-order valence-electron chi connectivity index (χ3n) is 4.48. The van der Waals surface area contributed by atoms with E-state index < -0.39 is 0 Å². The fourth-order valence-corrected chi connectivity index (χ4v) is 3.13. The van der Waals surface area contributed by atoms with E-state index in [0.717, 1.165) is 17.0 Å². The Labute approximate surface area is 163 Å². The summed E-state index contributed by atoms with van der Waals surface area (Å²) in [5, 5.41) is 0.703. The molecule has 0 bridgehead atoms. The van der Waals surface area contributed by atoms with Gasteiger partial charge in [0.25, 0.3) is 0 Å². The Balaban J connectivity index is 1.76. The monoisotopic (exact) mass is 384 g/mol. The lowest BCUT2D eigenvalue weighted by molar-refractivity contribution is 0.0991. The lowest BCUT2D eigenvalue weighted by Crippen LogP contribution is -2.07. The van der Waals surface area contributed by atoms with Crippen LogP contribution in [0.4, 0.5) is 0 Å². The van der Waals surface area contributed by atoms with Gasteiger partial charge in [0.1, 0.15) is 0 Å². The molecule has 6 heteroatoms. The third kappa shape index (κ3) is 4.31. The summed E-state index contributed by atoms with van der Waals surface area (Å²) >= 11 is 6.05. The Kier molecular flexibility index (Phi) is 5.81. The van der Waals surface area contributed by atoms with Crippen LogP contribution in [0.3, 0.4) is 0 Å². The maximum atomic E-state index is 12.7. The van der Waals surface area contributed by atoms with Crippen LogP contribution in [-0.4, -0.2) is 29.6 Å². The first-order valence-electron chi connectivity index (χ1n) is 8.52. The Morgan fingerprint density at radius 2 is 1.89 bits per heavy atom. The molecule has 140 valence electrons. The molecule has 3 aromatic rings. The molecule has 27 heavy (non-hydrogen) atoms. The van der Waals surface area contributed by atoms with Crippen molar-refractivity contribution in [1.82, 2.24) is 9.55 Å². The summed E-state index contributed by atoms with van der Waals surface area (Å²) in [4.78, 5) is 17.1. The molecule has 0 aliphatic carbocycles. The average molecular weight is 385 g/mol. The standard InChI is InChI=1S/C21H21ClN2O3/c1-14-18(23-13-24(14)12-15-5-4-6-17(22)9-15)11-19(25)16-7-8-20(26-2)21(10-16)27-3/h4-10,13H,11-12H2,1-3H3. The molecule has 1 heterocycles. The average Bonchev–Trinajstić information content (AvgIpc) is 3.00. The van der Waals surface area contributed by atoms with Gasteiger partial charge in [-0.05, 0) is 42.8 Å². The summed E-state index contributed by atoms with van der Waals surface area (Å²) in [7, 11) is 3.11. The first-order chi connectivity index (χ1) is 13.0. The number of benzene rings is 2. The number of carbonyl (C=O) groups excluding carboxylic acids is 1. The molecule has 1 aromatic heterocycles. The number of hydrogen-bond acceptors (Lipinski definition) is 4. The molecule has 0 amide bonds. The summed E-state index contributed by atoms with van der Waals surface area (Å²) < 4.78 is 12.5. The number of halogens is 1. The summed E-state index contributed by atoms with van der Waals surface area (Å²) in [6, 6.07) is 12.9. The summed E-state index contributed by atoms with van der Waals surface area (Å²) in [5.74, 6) is 1.11. The van der Waals surface area contributed by atoms with Gasteiger partial charge in [0.15, 0.2) is 17.3 Å². The lowest BCUT2D eigenvalue weighted by atomic mass is 10.1. The molecule has 0 N–H and O–H groups in total. The Morgan fingerprint density at radius 1 is 1.11 bits per heavy atom. The van der Waals surface area contributed by atoms with Crippen LogP contribution in [-0.2, 0) is 13.0 Å². The van der Waals surface area contributed by atoms with Crippen molar-refractivity contribution in [2.75, 3.05) is 14.2 Å². The molecule has 3 rings (SSSR count). The van der Waals surface area contributed by atoms with E-state index in [-0.39, 0.29) is 12.2 Å². The zero-order valence-electron chi connectivity index (χ0n) is 15.5. The molecule has 0 saturated heterocycles. The fourth-order valence-electron chi connectivity index (χ4n) is 2.91. The second-order valence-corrected chi connectivity index (χ2v) is 6.64. The van der Waals surface area contributed by atoms with Gasteiger partial charge in [0, 0.05) is 22.8 Å². The number of ketones is 1. The third-order valence-corrected chi connectivity index (χ3v) is 4.71. The number of imidazole rings is 1. The highest BCUT2D eigenvalue weighted by Gasteiger charge is 2.15. The minimum absolute atomic E-state index is 0.0212. The van der Waals surface area contributed by atoms with Crippen molar-refractivity contribution in [2.45, 2.75) is 19.9 Å². The molecule has 0 aliphatic rings. The number of ether oxygens (including phenoxy) is 2. The Hall–Kier alpha value is -2.79. The van der Waals surface area contributed by atoms with E-state index in [1.165, 1.54) is 0 Å². The highest BCUT2D eigenvalue weighted by molar-refractivity contribution is 6.30. The molecule has 0 unspecified atom stereocenters. The lowest BCUT2D eigenvalue weighted by Gasteiger charge is -2.09. The van der Waals surface area contributed by atoms with Crippen molar-refractivity contribution >= 4 is 17.4 Å². The predicted molar refractivity (Wildman–Crippen MR) is 105 cm³/mol. The molecular weight excluding hydrogens is 364 g/mol. The number of hydrogen-bond donors (Lipinski definition) is 0. The van der Waals surface area contributed by atoms with Crippen molar-refractivity contribution in [3.05, 3.63) is 76.3 Å². The van der Waals surface area contributed by atoms with Crippen molar-refractivity contribution in [2.24, 2.45) is 0 Å². The van der Waals surface area contributed by atoms with Crippen LogP contribution in [0.1, 0.15) is 27.3 Å². The quantitative estimate of drug-likeness (QED) is 0.569. The van der Waals surface area contributed by atoms with Crippen LogP contribution in [0, 0.1) is 6.92 Å². The minimum atomic E-state index is -0.0212. The number of carbonyl (C=O) groups is 1. The van der Waals surface area contributed by atoms with Gasteiger partial charge in [0.05, 0.1) is 32.7 Å². The van der Waals surface area contributed by atoms with Crippen molar-refractivity contribution in [3.8, 4) is 11.5 Å². The normalized spacial score (nSPS) is 10.7. The number of aromatic nitrogens is 2. The van der Waals surface area contributed by atoms with Crippen molar-refractivity contribution in [1.29, 1.82) is 0 Å². The van der Waals surface area contributed by atoms with Gasteiger partial charge in [-0.15, -0.1) is 0 Å². The van der Waals surface area contributed by atoms with E-state index in [1.54, 1.807) is 38.7 Å². The molecular formula is C21H21ClN2O3. The smallest absolute Gasteiger partial charge is 0.169 e. The predicted octanol–water partition coefficient (Wildman–Crippen LogP) is 4.34. The van der Waals surface area contributed by atoms with Crippen LogP contribution < -0.4 is 9.47 Å². The first-order valence-corrected chi connectivity index (χ1v) is 8.90. The maximum absolute atomic E-state index is 12.7. The summed E-state index contributed by atoms with van der Waals surface area (Å²) in [6.45, 7) is 2.62. The molecule has 0 aliphatic heterocycles. The molecule has 0 fully saturated rings. The van der Waals surface area contributed by atoms with E-state index >= 15 is 0 Å². The van der Waals surface area contributed by atoms with Gasteiger partial charge in [-0.25, -0.2) is 4.98 Å². The number of methoxy groups -OCH3 is 2. The van der Waals surface area contributed by atoms with E-state index in [0.29, 0.717) is 28.6 Å². The van der Waals surface area contributed by atoms with Gasteiger partial charge in [-0.1, -0.05) is 23.7 Å². The highest BCUT2D eigenvalue weighted by atomic mass is 35.5. The SMILES string of the molecule is COc1ccc(C(=O)Cc2ncn(Cc3cccc(Cl)c3)c2C)cc1OC. The van der Waals surface area contributed by atoms with Gasteiger partial charge < -0.3 is 14.0 Å². The zero-order valence-corrected chi connectivity index (χ0v) is 16.3. The Morgan fingerprint density at radius 3 is 2.59 bits per heavy atom. The van der Waals surface area contributed by atoms with Crippen molar-refractivity contribution in [3.63, 3.8) is 0 Å². The van der Waals surface area contributed by atoms with E-state index in [2.05, 4.69) is 4.98 Å². The second-order valence-electron chi connectivity index (χ2n) is 6.20. The van der Waals surface area contributed by atoms with E-state index in [9.17, 15) is 4.79 Å². The van der Waals surface area contributed by atoms with Crippen LogP contribution in [0.2, 0.25) is 5.02 Å². The molecule has 2 aromatic carbocycles. The van der Waals surface area contributed by atoms with Gasteiger partial charge >= 0.3 is 0 Å². The maximum Gasteiger partial charge on any atom is 0.169 e. The zero-order chi connectivity index (χ0) is 19.4. The molecule has 0 radical (unpaired) electrons. The van der Waals surface area contributed by atoms with Crippen LogP contribution in [0.15, 0.2) is 48.8 Å². The topological polar surface area (TPSA) is 53.3 Å². The van der Waals surface area contributed by atoms with Gasteiger partial charge in [-0.2, -0.15) is 0 Å². The molecule has 0 spiro atoms. The van der Waals surface area contributed by atoms with E-state index in [4.69, 9.17) is 21.1 Å². The van der Waals surface area contributed by atoms with Crippen LogP contribution in [0.25, 0.3) is 0 Å². The molecule has 5 nitrogen and oxygen atoms in total. The van der Waals surface area contributed by atoms with Gasteiger partial charge in [0.2, 0.25) is 0 Å². The molecule has 0 saturated carbocycles. The highest BCUT2D eigenvalue weighted by Crippen LogP contribution is 2.28. The van der Waals surface area contributed by atoms with E-state index in [1.807, 2.05) is 35.8 Å².